The second-order valence-corrected chi connectivity index (χ2v) is 5.85. The highest BCUT2D eigenvalue weighted by molar-refractivity contribution is 8.79. The van der Waals surface area contributed by atoms with Gasteiger partial charge in [-0.25, -0.2) is 0 Å². The highest BCUT2D eigenvalue weighted by Gasteiger charge is 2.39. The van der Waals surface area contributed by atoms with E-state index in [1.165, 1.54) is 10.8 Å². The molecule has 1 fully saturated rings. The minimum absolute atomic E-state index is 0.748. The van der Waals surface area contributed by atoms with Crippen molar-refractivity contribution < 1.29 is 8.39 Å². The first-order chi connectivity index (χ1) is 3.31. The molecule has 0 saturated carbocycles. The topological polar surface area (TPSA) is 29.6 Å². The summed E-state index contributed by atoms with van der Waals surface area (Å²) in [6.07, 6.45) is 1.88. The maximum absolute atomic E-state index is 10.8. The van der Waals surface area contributed by atoms with Gasteiger partial charge < -0.3 is 4.18 Å². The second kappa shape index (κ2) is 0.902. The Hall–Kier alpha value is 0.0400. The van der Waals surface area contributed by atoms with Crippen LogP contribution in [0.4, 0.5) is 0 Å². The molecule has 2 nitrogen and oxygen atoms in total. The number of rotatable bonds is 0. The van der Waals surface area contributed by atoms with E-state index in [9.17, 15) is 4.21 Å². The van der Waals surface area contributed by atoms with E-state index in [0.717, 1.165) is 10.8 Å². The molecule has 4 heteroatoms. The van der Waals surface area contributed by atoms with Gasteiger partial charge >= 0.3 is 0 Å². The van der Waals surface area contributed by atoms with E-state index < -0.39 is 9.25 Å². The van der Waals surface area contributed by atoms with Crippen LogP contribution in [0.15, 0.2) is 11.2 Å². The van der Waals surface area contributed by atoms with Crippen molar-refractivity contribution in [2.45, 2.75) is 0 Å². The van der Waals surface area contributed by atoms with Crippen LogP contribution in [-0.4, -0.2) is 9.96 Å². The summed E-state index contributed by atoms with van der Waals surface area (Å²) in [5, 5.41) is 0.748. The van der Waals surface area contributed by atoms with Crippen LogP contribution in [-0.2, 0) is 13.4 Å². The van der Waals surface area contributed by atoms with Gasteiger partial charge in [-0.3, -0.25) is 0 Å². The fourth-order valence-electron chi connectivity index (χ4n) is 0.548. The molecular formula is C3H4O2S2. The van der Waals surface area contributed by atoms with Crippen LogP contribution in [0.2, 0.25) is 0 Å². The number of hydrogen-bond acceptors (Lipinski definition) is 3. The van der Waals surface area contributed by atoms with E-state index in [-0.39, 0.29) is 0 Å². The van der Waals surface area contributed by atoms with E-state index in [0.29, 0.717) is 0 Å². The molecule has 0 bridgehead atoms. The van der Waals surface area contributed by atoms with Crippen molar-refractivity contribution in [2.75, 3.05) is 5.75 Å². The maximum Gasteiger partial charge on any atom is 0.244 e. The quantitative estimate of drug-likeness (QED) is 0.298. The Balaban J connectivity index is 2.55. The Morgan fingerprint density at radius 2 is 2.86 bits per heavy atom. The Morgan fingerprint density at radius 1 is 2.00 bits per heavy atom. The summed E-state index contributed by atoms with van der Waals surface area (Å²) in [6, 6.07) is 0. The number of thiol groups is 1. The van der Waals surface area contributed by atoms with E-state index in [1.54, 1.807) is 0 Å². The van der Waals surface area contributed by atoms with Gasteiger partial charge in [-0.05, 0) is 16.9 Å². The lowest BCUT2D eigenvalue weighted by Gasteiger charge is -1.89. The first-order valence-electron chi connectivity index (χ1n) is 1.96. The van der Waals surface area contributed by atoms with Crippen molar-refractivity contribution in [3.8, 4) is 0 Å². The van der Waals surface area contributed by atoms with Gasteiger partial charge in [0.05, 0.1) is 0 Å². The molecule has 2 rings (SSSR count). The smallest absolute Gasteiger partial charge is 0.244 e. The van der Waals surface area contributed by atoms with Crippen LogP contribution < -0.4 is 0 Å². The van der Waals surface area contributed by atoms with Gasteiger partial charge in [0, 0.05) is 5.75 Å². The zero-order chi connectivity index (χ0) is 4.91. The molecule has 7 heavy (non-hydrogen) atoms. The molecule has 0 amide bonds. The molecule has 0 unspecified atom stereocenters. The Kier molecular flexibility index (Phi) is 0.512. The third-order valence-corrected chi connectivity index (χ3v) is 4.92. The zero-order valence-corrected chi connectivity index (χ0v) is 5.17. The third kappa shape index (κ3) is 0.383. The molecule has 0 aliphatic carbocycles. The molecule has 0 atom stereocenters. The van der Waals surface area contributed by atoms with Crippen molar-refractivity contribution >= 4 is 20.0 Å². The average molecular weight is 136 g/mol. The fraction of sp³-hybridized carbons (Fsp3) is 0.333. The minimum Gasteiger partial charge on any atom is -0.365 e. The lowest BCUT2D eigenvalue weighted by atomic mass is 10.7. The summed E-state index contributed by atoms with van der Waals surface area (Å²) >= 11 is 0. The van der Waals surface area contributed by atoms with E-state index in [1.807, 2.05) is 6.08 Å². The minimum atomic E-state index is -2.10. The van der Waals surface area contributed by atoms with E-state index in [2.05, 4.69) is 0 Å². The van der Waals surface area contributed by atoms with Crippen LogP contribution in [0.1, 0.15) is 0 Å². The van der Waals surface area contributed by atoms with E-state index in [4.69, 9.17) is 4.18 Å². The van der Waals surface area contributed by atoms with Crippen LogP contribution in [0.25, 0.3) is 0 Å². The molecule has 2 heterocycles. The van der Waals surface area contributed by atoms with Crippen LogP contribution in [0.5, 0.6) is 0 Å². The van der Waals surface area contributed by atoms with Gasteiger partial charge in [0.15, 0.2) is 0 Å². The molecule has 0 radical (unpaired) electrons. The van der Waals surface area contributed by atoms with Crippen molar-refractivity contribution in [2.24, 2.45) is 0 Å². The molecule has 0 aromatic rings. The highest BCUT2D eigenvalue weighted by Crippen LogP contribution is 2.52. The molecule has 0 aromatic carbocycles. The maximum atomic E-state index is 10.8. The largest absolute Gasteiger partial charge is 0.365 e. The van der Waals surface area contributed by atoms with Gasteiger partial charge in [-0.1, -0.05) is 9.25 Å². The first kappa shape index (κ1) is 3.97. The van der Waals surface area contributed by atoms with Crippen molar-refractivity contribution in [1.82, 2.24) is 0 Å². The number of hydrogen-bond donors (Lipinski definition) is 1. The molecule has 0 N–H and O–H groups in total. The summed E-state index contributed by atoms with van der Waals surface area (Å²) in [4.78, 5) is 0. The zero-order valence-electron chi connectivity index (χ0n) is 3.46. The van der Waals surface area contributed by atoms with Gasteiger partial charge in [0.1, 0.15) is 0 Å². The predicted molar refractivity (Wildman–Crippen MR) is 31.2 cm³/mol. The molecule has 2 aliphatic heterocycles. The molecule has 1 saturated heterocycles. The summed E-state index contributed by atoms with van der Waals surface area (Å²) in [7, 11) is -0.684. The van der Waals surface area contributed by atoms with Crippen molar-refractivity contribution in [3.05, 3.63) is 11.2 Å². The summed E-state index contributed by atoms with van der Waals surface area (Å²) in [5.74, 6) is 0.882. The van der Waals surface area contributed by atoms with Crippen LogP contribution >= 0.6 is 10.8 Å². The first-order valence-corrected chi connectivity index (χ1v) is 5.18. The summed E-state index contributed by atoms with van der Waals surface area (Å²) < 4.78 is 15.5. The van der Waals surface area contributed by atoms with Crippen molar-refractivity contribution in [3.63, 3.8) is 0 Å². The SMILES string of the molecule is O=[SH]12OC1=CCS2. The van der Waals surface area contributed by atoms with Crippen LogP contribution in [0.3, 0.4) is 0 Å². The highest BCUT2D eigenvalue weighted by atomic mass is 33.2. The third-order valence-electron chi connectivity index (χ3n) is 0.954. The van der Waals surface area contributed by atoms with E-state index >= 15 is 0 Å². The fourth-order valence-corrected chi connectivity index (χ4v) is 4.07. The Labute approximate surface area is 46.0 Å². The summed E-state index contributed by atoms with van der Waals surface area (Å²) in [5.41, 5.74) is 0. The van der Waals surface area contributed by atoms with Gasteiger partial charge in [-0.15, -0.1) is 0 Å². The number of fused-ring (bicyclic) bond motifs is 1. The average Bonchev–Trinajstić information content (AvgIpc) is 2.09. The van der Waals surface area contributed by atoms with Crippen molar-refractivity contribution in [1.29, 1.82) is 0 Å². The Bertz CT molecular complexity index is 183. The molecule has 40 valence electrons. The molecule has 0 spiro atoms. The summed E-state index contributed by atoms with van der Waals surface area (Å²) in [6.45, 7) is 0. The molecular weight excluding hydrogens is 132 g/mol. The van der Waals surface area contributed by atoms with Gasteiger partial charge in [0.2, 0.25) is 5.09 Å². The normalized spacial score (nSPS) is 35.1. The van der Waals surface area contributed by atoms with Gasteiger partial charge in [-0.2, -0.15) is 4.21 Å². The van der Waals surface area contributed by atoms with Gasteiger partial charge in [0.25, 0.3) is 0 Å². The predicted octanol–water partition coefficient (Wildman–Crippen LogP) is 0.451. The van der Waals surface area contributed by atoms with Crippen LogP contribution in [0, 0.1) is 0 Å². The lowest BCUT2D eigenvalue weighted by molar-refractivity contribution is 0.599. The molecule has 2 aliphatic rings. The second-order valence-electron chi connectivity index (χ2n) is 1.43. The lowest BCUT2D eigenvalue weighted by Crippen LogP contribution is -1.72. The molecule has 0 aromatic heterocycles. The monoisotopic (exact) mass is 136 g/mol. The Morgan fingerprint density at radius 3 is 3.00 bits per heavy atom. The standard InChI is InChI=1S/C3H4O2S2/c4-7-3(5-7)1-2-6-7/h1,7H,2H2.